The molecule has 0 saturated carbocycles. The standard InChI is InChI=1S/C19H21IN2O3S/c20-17-10-8-15(9-11-17)19(23)21-14-16-6-2-3-7-18(16)26(24,25)22-12-4-1-5-13-22/h2-3,6-11H,1,4-5,12-14H2,(H,21,23). The Labute approximate surface area is 168 Å². The third-order valence-electron chi connectivity index (χ3n) is 4.45. The highest BCUT2D eigenvalue weighted by atomic mass is 127. The van der Waals surface area contributed by atoms with Crippen LogP contribution in [0.5, 0.6) is 0 Å². The van der Waals surface area contributed by atoms with Gasteiger partial charge in [0.15, 0.2) is 0 Å². The molecule has 138 valence electrons. The van der Waals surface area contributed by atoms with Gasteiger partial charge in [0.2, 0.25) is 10.0 Å². The van der Waals surface area contributed by atoms with Crippen molar-refractivity contribution in [2.24, 2.45) is 0 Å². The van der Waals surface area contributed by atoms with E-state index in [1.165, 1.54) is 0 Å². The van der Waals surface area contributed by atoms with Crippen LogP contribution >= 0.6 is 22.6 Å². The molecule has 0 aromatic heterocycles. The van der Waals surface area contributed by atoms with E-state index in [9.17, 15) is 13.2 Å². The summed E-state index contributed by atoms with van der Waals surface area (Å²) in [4.78, 5) is 12.6. The first-order valence-corrected chi connectivity index (χ1v) is 11.1. The fraction of sp³-hybridized carbons (Fsp3) is 0.316. The minimum atomic E-state index is -3.53. The minimum Gasteiger partial charge on any atom is -0.348 e. The van der Waals surface area contributed by atoms with Crippen molar-refractivity contribution in [3.63, 3.8) is 0 Å². The molecule has 1 heterocycles. The number of hydrogen-bond acceptors (Lipinski definition) is 3. The number of sulfonamides is 1. The number of rotatable bonds is 5. The molecular formula is C19H21IN2O3S. The van der Waals surface area contributed by atoms with E-state index in [1.807, 2.05) is 12.1 Å². The maximum Gasteiger partial charge on any atom is 0.251 e. The van der Waals surface area contributed by atoms with Crippen molar-refractivity contribution < 1.29 is 13.2 Å². The molecule has 0 aliphatic carbocycles. The average Bonchev–Trinajstić information content (AvgIpc) is 2.67. The first-order chi connectivity index (χ1) is 12.5. The van der Waals surface area contributed by atoms with Gasteiger partial charge in [-0.3, -0.25) is 4.79 Å². The van der Waals surface area contributed by atoms with Crippen LogP contribution in [-0.2, 0) is 16.6 Å². The van der Waals surface area contributed by atoms with Crippen LogP contribution in [0, 0.1) is 3.57 Å². The van der Waals surface area contributed by atoms with Gasteiger partial charge in [0.05, 0.1) is 4.90 Å². The number of nitrogens with zero attached hydrogens (tertiary/aromatic N) is 1. The quantitative estimate of drug-likeness (QED) is 0.662. The Morgan fingerprint density at radius 2 is 1.65 bits per heavy atom. The summed E-state index contributed by atoms with van der Waals surface area (Å²) in [7, 11) is -3.53. The number of amides is 1. The van der Waals surface area contributed by atoms with Crippen LogP contribution in [0.4, 0.5) is 0 Å². The summed E-state index contributed by atoms with van der Waals surface area (Å²) >= 11 is 2.18. The summed E-state index contributed by atoms with van der Waals surface area (Å²) in [6.07, 6.45) is 2.86. The van der Waals surface area contributed by atoms with Crippen molar-refractivity contribution in [3.05, 3.63) is 63.2 Å². The monoisotopic (exact) mass is 484 g/mol. The number of nitrogens with one attached hydrogen (secondary N) is 1. The van der Waals surface area contributed by atoms with Gasteiger partial charge in [-0.05, 0) is 71.3 Å². The summed E-state index contributed by atoms with van der Waals surface area (Å²) in [5.74, 6) is -0.216. The molecule has 1 aliphatic rings. The fourth-order valence-corrected chi connectivity index (χ4v) is 5.12. The molecule has 1 fully saturated rings. The molecule has 1 amide bonds. The molecule has 0 atom stereocenters. The predicted octanol–water partition coefficient (Wildman–Crippen LogP) is 3.40. The van der Waals surface area contributed by atoms with E-state index >= 15 is 0 Å². The maximum absolute atomic E-state index is 13.0. The van der Waals surface area contributed by atoms with Gasteiger partial charge in [0.1, 0.15) is 0 Å². The van der Waals surface area contributed by atoms with Crippen LogP contribution in [-0.4, -0.2) is 31.7 Å². The Kier molecular flexibility index (Phi) is 6.31. The second-order valence-corrected chi connectivity index (χ2v) is 9.41. The van der Waals surface area contributed by atoms with E-state index in [0.29, 0.717) is 24.2 Å². The van der Waals surface area contributed by atoms with Crippen LogP contribution in [0.15, 0.2) is 53.4 Å². The first kappa shape index (κ1) is 19.3. The molecule has 26 heavy (non-hydrogen) atoms. The average molecular weight is 484 g/mol. The highest BCUT2D eigenvalue weighted by Crippen LogP contribution is 2.23. The van der Waals surface area contributed by atoms with Gasteiger partial charge in [-0.15, -0.1) is 0 Å². The van der Waals surface area contributed by atoms with Crippen LogP contribution in [0.1, 0.15) is 35.2 Å². The van der Waals surface area contributed by atoms with Crippen LogP contribution in [0.25, 0.3) is 0 Å². The molecule has 1 aliphatic heterocycles. The molecule has 5 nitrogen and oxygen atoms in total. The number of hydrogen-bond donors (Lipinski definition) is 1. The molecule has 0 unspecified atom stereocenters. The Hall–Kier alpha value is -1.45. The number of carbonyl (C=O) groups excluding carboxylic acids is 1. The van der Waals surface area contributed by atoms with Crippen molar-refractivity contribution in [2.75, 3.05) is 13.1 Å². The van der Waals surface area contributed by atoms with Crippen molar-refractivity contribution >= 4 is 38.5 Å². The maximum atomic E-state index is 13.0. The Morgan fingerprint density at radius 3 is 2.35 bits per heavy atom. The molecule has 2 aromatic rings. The summed E-state index contributed by atoms with van der Waals surface area (Å²) in [6.45, 7) is 1.30. The molecular weight excluding hydrogens is 463 g/mol. The molecule has 1 N–H and O–H groups in total. The molecule has 2 aromatic carbocycles. The molecule has 7 heteroatoms. The van der Waals surface area contributed by atoms with Crippen molar-refractivity contribution in [1.29, 1.82) is 0 Å². The zero-order chi connectivity index (χ0) is 18.6. The lowest BCUT2D eigenvalue weighted by Crippen LogP contribution is -2.36. The Balaban J connectivity index is 1.77. The minimum absolute atomic E-state index is 0.175. The third-order valence-corrected chi connectivity index (χ3v) is 7.17. The normalized spacial score (nSPS) is 15.6. The fourth-order valence-electron chi connectivity index (χ4n) is 3.02. The smallest absolute Gasteiger partial charge is 0.251 e. The lowest BCUT2D eigenvalue weighted by Gasteiger charge is -2.26. The zero-order valence-electron chi connectivity index (χ0n) is 14.3. The lowest BCUT2D eigenvalue weighted by molar-refractivity contribution is 0.0950. The van der Waals surface area contributed by atoms with Gasteiger partial charge in [-0.25, -0.2) is 8.42 Å². The van der Waals surface area contributed by atoms with Crippen LogP contribution < -0.4 is 5.32 Å². The summed E-state index contributed by atoms with van der Waals surface area (Å²) < 4.78 is 28.5. The second-order valence-electron chi connectivity index (χ2n) is 6.26. The van der Waals surface area contributed by atoms with Gasteiger partial charge in [0, 0.05) is 28.8 Å². The SMILES string of the molecule is O=C(NCc1ccccc1S(=O)(=O)N1CCCCC1)c1ccc(I)cc1. The highest BCUT2D eigenvalue weighted by Gasteiger charge is 2.27. The van der Waals surface area contributed by atoms with E-state index < -0.39 is 10.0 Å². The van der Waals surface area contributed by atoms with Crippen LogP contribution in [0.3, 0.4) is 0 Å². The molecule has 0 spiro atoms. The van der Waals surface area contributed by atoms with Gasteiger partial charge in [-0.1, -0.05) is 24.6 Å². The second kappa shape index (κ2) is 8.49. The largest absolute Gasteiger partial charge is 0.348 e. The van der Waals surface area contributed by atoms with E-state index in [2.05, 4.69) is 27.9 Å². The molecule has 1 saturated heterocycles. The predicted molar refractivity (Wildman–Crippen MR) is 109 cm³/mol. The Morgan fingerprint density at radius 1 is 1.00 bits per heavy atom. The van der Waals surface area contributed by atoms with E-state index in [4.69, 9.17) is 0 Å². The third kappa shape index (κ3) is 4.44. The topological polar surface area (TPSA) is 66.5 Å². The van der Waals surface area contributed by atoms with Crippen LogP contribution in [0.2, 0.25) is 0 Å². The number of carbonyl (C=O) groups is 1. The molecule has 3 rings (SSSR count). The van der Waals surface area contributed by atoms with Crippen molar-refractivity contribution in [1.82, 2.24) is 9.62 Å². The van der Waals surface area contributed by atoms with Crippen molar-refractivity contribution in [3.8, 4) is 0 Å². The van der Waals surface area contributed by atoms with E-state index in [-0.39, 0.29) is 17.3 Å². The first-order valence-electron chi connectivity index (χ1n) is 8.60. The van der Waals surface area contributed by atoms with Gasteiger partial charge in [0.25, 0.3) is 5.91 Å². The van der Waals surface area contributed by atoms with Gasteiger partial charge in [-0.2, -0.15) is 4.31 Å². The number of benzene rings is 2. The molecule has 0 radical (unpaired) electrons. The van der Waals surface area contributed by atoms with Gasteiger partial charge >= 0.3 is 0 Å². The number of halogens is 1. The van der Waals surface area contributed by atoms with E-state index in [1.54, 1.807) is 40.7 Å². The van der Waals surface area contributed by atoms with Crippen molar-refractivity contribution in [2.45, 2.75) is 30.7 Å². The summed E-state index contributed by atoms with van der Waals surface area (Å²) in [5, 5.41) is 2.83. The summed E-state index contributed by atoms with van der Waals surface area (Å²) in [6, 6.07) is 14.1. The highest BCUT2D eigenvalue weighted by molar-refractivity contribution is 14.1. The lowest BCUT2D eigenvalue weighted by atomic mass is 10.2. The molecule has 0 bridgehead atoms. The Bertz CT molecular complexity index is 876. The zero-order valence-corrected chi connectivity index (χ0v) is 17.3. The van der Waals surface area contributed by atoms with Gasteiger partial charge < -0.3 is 5.32 Å². The van der Waals surface area contributed by atoms with E-state index in [0.717, 1.165) is 22.8 Å². The number of piperidine rings is 1. The summed E-state index contributed by atoms with van der Waals surface area (Å²) in [5.41, 5.74) is 1.17.